The van der Waals surface area contributed by atoms with Crippen LogP contribution >= 0.6 is 34.4 Å². The summed E-state index contributed by atoms with van der Waals surface area (Å²) in [4.78, 5) is 33.5. The Bertz CT molecular complexity index is 1250. The third-order valence-electron chi connectivity index (χ3n) is 4.44. The lowest BCUT2D eigenvalue weighted by atomic mass is 10.2. The van der Waals surface area contributed by atoms with Crippen LogP contribution in [0.15, 0.2) is 52.2 Å². The van der Waals surface area contributed by atoms with Crippen molar-refractivity contribution in [1.82, 2.24) is 9.97 Å². The number of carbonyl (C=O) groups is 2. The van der Waals surface area contributed by atoms with Gasteiger partial charge in [-0.2, -0.15) is 0 Å². The molecule has 0 saturated carbocycles. The fourth-order valence-electron chi connectivity index (χ4n) is 2.90. The van der Waals surface area contributed by atoms with Crippen LogP contribution in [0.2, 0.25) is 0 Å². The molecule has 2 N–H and O–H groups in total. The van der Waals surface area contributed by atoms with Crippen LogP contribution in [-0.2, 0) is 16.0 Å². The second kappa shape index (κ2) is 10.1. The van der Waals surface area contributed by atoms with Gasteiger partial charge in [0.2, 0.25) is 11.8 Å². The summed E-state index contributed by atoms with van der Waals surface area (Å²) >= 11 is 4.21. The van der Waals surface area contributed by atoms with E-state index in [1.807, 2.05) is 30.5 Å². The molecule has 0 radical (unpaired) electrons. The number of nitrogens with one attached hydrogen (secondary N) is 2. The molecule has 2 amide bonds. The number of thioether (sulfide) groups is 1. The number of ether oxygens (including phenoxy) is 1. The molecule has 2 heterocycles. The first-order valence-electron chi connectivity index (χ1n) is 9.67. The molecule has 2 aromatic heterocycles. The SMILES string of the molecule is COc1ccc(NC(=O)CSc2nc(CC(=O)Nc3nc4c(C)cccc4s3)cs2)cc1. The van der Waals surface area contributed by atoms with Gasteiger partial charge in [-0.15, -0.1) is 11.3 Å². The monoisotopic (exact) mass is 484 g/mol. The van der Waals surface area contributed by atoms with Crippen LogP contribution in [-0.4, -0.2) is 34.6 Å². The van der Waals surface area contributed by atoms with Crippen molar-refractivity contribution in [3.8, 4) is 5.75 Å². The quantitative estimate of drug-likeness (QED) is 0.343. The first kappa shape index (κ1) is 22.3. The summed E-state index contributed by atoms with van der Waals surface area (Å²) in [6.45, 7) is 2.00. The topological polar surface area (TPSA) is 93.2 Å². The summed E-state index contributed by atoms with van der Waals surface area (Å²) in [7, 11) is 1.60. The van der Waals surface area contributed by atoms with Crippen molar-refractivity contribution in [1.29, 1.82) is 0 Å². The van der Waals surface area contributed by atoms with E-state index < -0.39 is 0 Å². The molecule has 10 heteroatoms. The van der Waals surface area contributed by atoms with E-state index in [1.165, 1.54) is 34.4 Å². The molecular weight excluding hydrogens is 464 g/mol. The van der Waals surface area contributed by atoms with E-state index in [-0.39, 0.29) is 24.0 Å². The summed E-state index contributed by atoms with van der Waals surface area (Å²) in [5, 5.41) is 8.11. The number of carbonyl (C=O) groups excluding carboxylic acids is 2. The van der Waals surface area contributed by atoms with E-state index in [4.69, 9.17) is 4.74 Å². The van der Waals surface area contributed by atoms with E-state index in [0.29, 0.717) is 16.5 Å². The first-order chi connectivity index (χ1) is 15.5. The molecule has 4 aromatic rings. The smallest absolute Gasteiger partial charge is 0.234 e. The number of para-hydroxylation sites is 1. The Kier molecular flexibility index (Phi) is 7.03. The van der Waals surface area contributed by atoms with E-state index in [9.17, 15) is 9.59 Å². The van der Waals surface area contributed by atoms with Gasteiger partial charge in [-0.1, -0.05) is 35.2 Å². The Labute approximate surface area is 197 Å². The van der Waals surface area contributed by atoms with Crippen LogP contribution in [0.4, 0.5) is 10.8 Å². The molecule has 0 aliphatic heterocycles. The largest absolute Gasteiger partial charge is 0.497 e. The van der Waals surface area contributed by atoms with Crippen molar-refractivity contribution in [2.24, 2.45) is 0 Å². The number of methoxy groups -OCH3 is 1. The lowest BCUT2D eigenvalue weighted by Crippen LogP contribution is -2.14. The molecule has 0 aliphatic rings. The summed E-state index contributed by atoms with van der Waals surface area (Å²) in [5.74, 6) is 0.674. The molecule has 32 heavy (non-hydrogen) atoms. The minimum absolute atomic E-state index is 0.124. The van der Waals surface area contributed by atoms with Crippen molar-refractivity contribution in [3.05, 3.63) is 59.1 Å². The highest BCUT2D eigenvalue weighted by Crippen LogP contribution is 2.28. The summed E-state index contributed by atoms with van der Waals surface area (Å²) in [6, 6.07) is 13.1. The van der Waals surface area contributed by atoms with Crippen LogP contribution in [0.1, 0.15) is 11.3 Å². The molecule has 4 rings (SSSR count). The van der Waals surface area contributed by atoms with Crippen LogP contribution in [0, 0.1) is 6.92 Å². The molecule has 0 unspecified atom stereocenters. The maximum Gasteiger partial charge on any atom is 0.234 e. The highest BCUT2D eigenvalue weighted by atomic mass is 32.2. The van der Waals surface area contributed by atoms with E-state index in [2.05, 4.69) is 20.6 Å². The zero-order chi connectivity index (χ0) is 22.5. The Balaban J connectivity index is 1.26. The van der Waals surface area contributed by atoms with Crippen molar-refractivity contribution >= 4 is 67.3 Å². The summed E-state index contributed by atoms with van der Waals surface area (Å²) < 4.78 is 6.89. The van der Waals surface area contributed by atoms with Crippen LogP contribution in [0.5, 0.6) is 5.75 Å². The number of anilines is 2. The Morgan fingerprint density at radius 2 is 1.88 bits per heavy atom. The number of aryl methyl sites for hydroxylation is 1. The van der Waals surface area contributed by atoms with Gasteiger partial charge in [0.25, 0.3) is 0 Å². The molecule has 0 bridgehead atoms. The maximum absolute atomic E-state index is 12.4. The Morgan fingerprint density at radius 3 is 2.62 bits per heavy atom. The molecule has 2 aromatic carbocycles. The van der Waals surface area contributed by atoms with Crippen molar-refractivity contribution in [2.75, 3.05) is 23.5 Å². The highest BCUT2D eigenvalue weighted by molar-refractivity contribution is 8.01. The number of amides is 2. The number of nitrogens with zero attached hydrogens (tertiary/aromatic N) is 2. The third kappa shape index (κ3) is 5.64. The number of rotatable bonds is 8. The molecular formula is C22H20N4O3S3. The van der Waals surface area contributed by atoms with Crippen molar-refractivity contribution in [2.45, 2.75) is 17.7 Å². The van der Waals surface area contributed by atoms with Gasteiger partial charge in [0.05, 0.1) is 35.2 Å². The molecule has 0 aliphatic carbocycles. The second-order valence-electron chi connectivity index (χ2n) is 6.84. The average molecular weight is 485 g/mol. The number of hydrogen-bond acceptors (Lipinski definition) is 8. The van der Waals surface area contributed by atoms with Gasteiger partial charge in [0, 0.05) is 11.1 Å². The normalized spacial score (nSPS) is 10.8. The van der Waals surface area contributed by atoms with E-state index in [0.717, 1.165) is 25.9 Å². The fourth-order valence-corrected chi connectivity index (χ4v) is 5.51. The molecule has 0 fully saturated rings. The molecule has 7 nitrogen and oxygen atoms in total. The van der Waals surface area contributed by atoms with Crippen molar-refractivity contribution in [3.63, 3.8) is 0 Å². The standard InChI is InChI=1S/C22H20N4O3S3/c1-13-4-3-5-17-20(13)26-21(32-17)25-18(27)10-15-11-30-22(24-15)31-12-19(28)23-14-6-8-16(29-2)9-7-14/h3-9,11H,10,12H2,1-2H3,(H,23,28)(H,25,26,27). The highest BCUT2D eigenvalue weighted by Gasteiger charge is 2.13. The summed E-state index contributed by atoms with van der Waals surface area (Å²) in [6.07, 6.45) is 0.157. The third-order valence-corrected chi connectivity index (χ3v) is 7.45. The predicted molar refractivity (Wildman–Crippen MR) is 131 cm³/mol. The Morgan fingerprint density at radius 1 is 1.06 bits per heavy atom. The van der Waals surface area contributed by atoms with Gasteiger partial charge in [0.1, 0.15) is 5.75 Å². The lowest BCUT2D eigenvalue weighted by Gasteiger charge is -2.05. The van der Waals surface area contributed by atoms with Crippen molar-refractivity contribution < 1.29 is 14.3 Å². The number of thiazole rings is 2. The molecule has 0 saturated heterocycles. The fraction of sp³-hybridized carbons (Fsp3) is 0.182. The van der Waals surface area contributed by atoms with E-state index in [1.54, 1.807) is 31.4 Å². The molecule has 0 spiro atoms. The number of hydrogen-bond donors (Lipinski definition) is 2. The molecule has 0 atom stereocenters. The van der Waals surface area contributed by atoms with E-state index >= 15 is 0 Å². The van der Waals surface area contributed by atoms with Gasteiger partial charge in [0.15, 0.2) is 9.47 Å². The van der Waals surface area contributed by atoms with Crippen LogP contribution < -0.4 is 15.4 Å². The number of fused-ring (bicyclic) bond motifs is 1. The summed E-state index contributed by atoms with van der Waals surface area (Å²) in [5.41, 5.74) is 3.37. The van der Waals surface area contributed by atoms with Gasteiger partial charge < -0.3 is 15.4 Å². The van der Waals surface area contributed by atoms with Gasteiger partial charge in [-0.25, -0.2) is 9.97 Å². The maximum atomic E-state index is 12.4. The van der Waals surface area contributed by atoms with Gasteiger partial charge in [-0.05, 0) is 42.8 Å². The van der Waals surface area contributed by atoms with Crippen LogP contribution in [0.3, 0.4) is 0 Å². The first-order valence-corrected chi connectivity index (χ1v) is 12.4. The zero-order valence-electron chi connectivity index (χ0n) is 17.4. The van der Waals surface area contributed by atoms with Gasteiger partial charge in [-0.3, -0.25) is 9.59 Å². The average Bonchev–Trinajstić information content (AvgIpc) is 3.40. The minimum Gasteiger partial charge on any atom is -0.497 e. The number of benzene rings is 2. The lowest BCUT2D eigenvalue weighted by molar-refractivity contribution is -0.116. The molecule has 164 valence electrons. The minimum atomic E-state index is -0.166. The number of aromatic nitrogens is 2. The second-order valence-corrected chi connectivity index (χ2v) is 9.95. The predicted octanol–water partition coefficient (Wildman–Crippen LogP) is 4.98. The Hall–Kier alpha value is -2.95. The van der Waals surface area contributed by atoms with Crippen LogP contribution in [0.25, 0.3) is 10.2 Å². The van der Waals surface area contributed by atoms with Gasteiger partial charge >= 0.3 is 0 Å². The zero-order valence-corrected chi connectivity index (χ0v) is 19.8.